The predicted octanol–water partition coefficient (Wildman–Crippen LogP) is 5.11. The third-order valence-corrected chi connectivity index (χ3v) is 5.47. The first kappa shape index (κ1) is 24.2. The van der Waals surface area contributed by atoms with Crippen molar-refractivity contribution in [3.8, 4) is 17.2 Å². The fourth-order valence-corrected chi connectivity index (χ4v) is 3.67. The van der Waals surface area contributed by atoms with Crippen LogP contribution in [-0.2, 0) is 6.61 Å². The summed E-state index contributed by atoms with van der Waals surface area (Å²) in [6.07, 6.45) is 1.43. The molecule has 0 aliphatic heterocycles. The van der Waals surface area contributed by atoms with Crippen LogP contribution in [0.1, 0.15) is 21.5 Å². The Kier molecular flexibility index (Phi) is 7.40. The Labute approximate surface area is 207 Å². The van der Waals surface area contributed by atoms with E-state index in [1.807, 2.05) is 24.3 Å². The molecule has 4 aromatic carbocycles. The Morgan fingerprint density at radius 3 is 2.47 bits per heavy atom. The lowest BCUT2D eigenvalue weighted by Crippen LogP contribution is -2.18. The van der Waals surface area contributed by atoms with E-state index in [4.69, 9.17) is 14.2 Å². The van der Waals surface area contributed by atoms with E-state index in [0.29, 0.717) is 23.7 Å². The number of nitro groups is 1. The lowest BCUT2D eigenvalue weighted by atomic mass is 10.1. The largest absolute Gasteiger partial charge is 0.496 e. The Balaban J connectivity index is 1.45. The number of benzene rings is 4. The fraction of sp³-hybridized carbons (Fsp3) is 0.111. The van der Waals surface area contributed by atoms with E-state index in [1.165, 1.54) is 32.6 Å². The SMILES string of the molecule is COc1cc(/C=N\NC(=O)c2cc([N+](=O)[O-])ccc2OC)ccc1OCc1cccc2ccccc12. The maximum Gasteiger partial charge on any atom is 0.275 e. The molecule has 0 atom stereocenters. The molecule has 0 spiro atoms. The number of ether oxygens (including phenoxy) is 3. The third-order valence-electron chi connectivity index (χ3n) is 5.47. The van der Waals surface area contributed by atoms with Crippen molar-refractivity contribution in [2.24, 2.45) is 5.10 Å². The summed E-state index contributed by atoms with van der Waals surface area (Å²) in [5.74, 6) is 0.621. The first-order valence-corrected chi connectivity index (χ1v) is 10.9. The molecule has 0 aromatic heterocycles. The number of nitrogens with one attached hydrogen (secondary N) is 1. The van der Waals surface area contributed by atoms with E-state index < -0.39 is 10.8 Å². The van der Waals surface area contributed by atoms with Gasteiger partial charge in [-0.25, -0.2) is 5.43 Å². The summed E-state index contributed by atoms with van der Waals surface area (Å²) < 4.78 is 16.6. The van der Waals surface area contributed by atoms with Gasteiger partial charge in [0.15, 0.2) is 11.5 Å². The van der Waals surface area contributed by atoms with Gasteiger partial charge in [-0.2, -0.15) is 5.10 Å². The van der Waals surface area contributed by atoms with Crippen LogP contribution in [0.3, 0.4) is 0 Å². The normalized spacial score (nSPS) is 10.8. The number of fused-ring (bicyclic) bond motifs is 1. The molecule has 36 heavy (non-hydrogen) atoms. The number of carbonyl (C=O) groups excluding carboxylic acids is 1. The van der Waals surface area contributed by atoms with Crippen molar-refractivity contribution in [3.05, 3.63) is 106 Å². The summed E-state index contributed by atoms with van der Waals surface area (Å²) in [7, 11) is 2.91. The van der Waals surface area contributed by atoms with E-state index in [9.17, 15) is 14.9 Å². The molecule has 0 aliphatic carbocycles. The number of non-ortho nitro benzene ring substituents is 1. The predicted molar refractivity (Wildman–Crippen MR) is 136 cm³/mol. The van der Waals surface area contributed by atoms with Crippen LogP contribution < -0.4 is 19.6 Å². The summed E-state index contributed by atoms with van der Waals surface area (Å²) in [5, 5.41) is 17.2. The van der Waals surface area contributed by atoms with Crippen molar-refractivity contribution in [2.75, 3.05) is 14.2 Å². The monoisotopic (exact) mass is 485 g/mol. The minimum atomic E-state index is -0.645. The van der Waals surface area contributed by atoms with Crippen molar-refractivity contribution in [1.29, 1.82) is 0 Å². The van der Waals surface area contributed by atoms with Gasteiger partial charge in [0, 0.05) is 12.1 Å². The topological polar surface area (TPSA) is 112 Å². The molecule has 0 saturated heterocycles. The summed E-state index contributed by atoms with van der Waals surface area (Å²) in [6.45, 7) is 0.367. The van der Waals surface area contributed by atoms with E-state index in [1.54, 1.807) is 18.2 Å². The second kappa shape index (κ2) is 11.0. The summed E-state index contributed by atoms with van der Waals surface area (Å²) >= 11 is 0. The van der Waals surface area contributed by atoms with Crippen molar-refractivity contribution in [1.82, 2.24) is 5.43 Å². The molecular weight excluding hydrogens is 462 g/mol. The van der Waals surface area contributed by atoms with Crippen LogP contribution in [0.2, 0.25) is 0 Å². The first-order chi connectivity index (χ1) is 17.5. The number of hydrogen-bond donors (Lipinski definition) is 1. The van der Waals surface area contributed by atoms with Gasteiger partial charge in [-0.05, 0) is 46.2 Å². The Morgan fingerprint density at radius 1 is 0.944 bits per heavy atom. The Hall–Kier alpha value is -4.92. The van der Waals surface area contributed by atoms with Gasteiger partial charge >= 0.3 is 0 Å². The molecule has 0 aliphatic rings. The molecule has 4 aromatic rings. The van der Waals surface area contributed by atoms with Crippen LogP contribution >= 0.6 is 0 Å². The lowest BCUT2D eigenvalue weighted by Gasteiger charge is -2.12. The molecular formula is C27H23N3O6. The van der Waals surface area contributed by atoms with Gasteiger partial charge in [-0.3, -0.25) is 14.9 Å². The highest BCUT2D eigenvalue weighted by Gasteiger charge is 2.17. The van der Waals surface area contributed by atoms with E-state index in [2.05, 4.69) is 28.7 Å². The molecule has 0 radical (unpaired) electrons. The van der Waals surface area contributed by atoms with Gasteiger partial charge in [0.1, 0.15) is 12.4 Å². The van der Waals surface area contributed by atoms with Crippen LogP contribution in [0.15, 0.2) is 84.0 Å². The Bertz CT molecular complexity index is 1450. The highest BCUT2D eigenvalue weighted by Crippen LogP contribution is 2.29. The number of amides is 1. The second-order valence-corrected chi connectivity index (χ2v) is 7.68. The average molecular weight is 485 g/mol. The average Bonchev–Trinajstić information content (AvgIpc) is 2.91. The quantitative estimate of drug-likeness (QED) is 0.200. The van der Waals surface area contributed by atoms with Gasteiger partial charge in [0.2, 0.25) is 0 Å². The lowest BCUT2D eigenvalue weighted by molar-refractivity contribution is -0.384. The molecule has 0 unspecified atom stereocenters. The zero-order valence-corrected chi connectivity index (χ0v) is 19.6. The van der Waals surface area contributed by atoms with Crippen LogP contribution in [0.25, 0.3) is 10.8 Å². The highest BCUT2D eigenvalue weighted by atomic mass is 16.6. The van der Waals surface area contributed by atoms with Crippen LogP contribution in [0, 0.1) is 10.1 Å². The number of methoxy groups -OCH3 is 2. The maximum absolute atomic E-state index is 12.5. The number of hydrazone groups is 1. The standard InChI is InChI=1S/C27H23N3O6/c1-34-24-13-11-21(30(32)33)15-23(24)27(31)29-28-16-18-10-12-25(26(14-18)35-2)36-17-20-8-5-7-19-6-3-4-9-22(19)20/h3-16H,17H2,1-2H3,(H,29,31)/b28-16-. The number of nitro benzene ring substituents is 1. The highest BCUT2D eigenvalue weighted by molar-refractivity contribution is 5.98. The molecule has 1 N–H and O–H groups in total. The molecule has 0 heterocycles. The molecule has 0 fully saturated rings. The molecule has 4 rings (SSSR count). The molecule has 182 valence electrons. The zero-order valence-electron chi connectivity index (χ0n) is 19.6. The number of carbonyl (C=O) groups is 1. The summed E-state index contributed by atoms with van der Waals surface area (Å²) in [4.78, 5) is 22.9. The Morgan fingerprint density at radius 2 is 1.69 bits per heavy atom. The number of rotatable bonds is 9. The second-order valence-electron chi connectivity index (χ2n) is 7.68. The smallest absolute Gasteiger partial charge is 0.275 e. The van der Waals surface area contributed by atoms with Gasteiger partial charge in [-0.15, -0.1) is 0 Å². The minimum absolute atomic E-state index is 0.00128. The summed E-state index contributed by atoms with van der Waals surface area (Å²) in [6, 6.07) is 23.2. The molecule has 1 amide bonds. The van der Waals surface area contributed by atoms with E-state index in [0.717, 1.165) is 22.4 Å². The minimum Gasteiger partial charge on any atom is -0.496 e. The van der Waals surface area contributed by atoms with Gasteiger partial charge in [0.25, 0.3) is 11.6 Å². The van der Waals surface area contributed by atoms with E-state index in [-0.39, 0.29) is 17.0 Å². The summed E-state index contributed by atoms with van der Waals surface area (Å²) in [5.41, 5.74) is 3.84. The van der Waals surface area contributed by atoms with Crippen molar-refractivity contribution >= 4 is 28.6 Å². The number of hydrogen-bond acceptors (Lipinski definition) is 7. The molecule has 9 nitrogen and oxygen atoms in total. The fourth-order valence-electron chi connectivity index (χ4n) is 3.67. The van der Waals surface area contributed by atoms with E-state index >= 15 is 0 Å². The first-order valence-electron chi connectivity index (χ1n) is 10.9. The van der Waals surface area contributed by atoms with Crippen LogP contribution in [0.4, 0.5) is 5.69 Å². The molecule has 0 bridgehead atoms. The van der Waals surface area contributed by atoms with Crippen molar-refractivity contribution in [2.45, 2.75) is 6.61 Å². The maximum atomic E-state index is 12.5. The van der Waals surface area contributed by atoms with Crippen molar-refractivity contribution in [3.63, 3.8) is 0 Å². The molecule has 9 heteroatoms. The van der Waals surface area contributed by atoms with Crippen molar-refractivity contribution < 1.29 is 23.9 Å². The van der Waals surface area contributed by atoms with Gasteiger partial charge in [-0.1, -0.05) is 42.5 Å². The van der Waals surface area contributed by atoms with Gasteiger partial charge < -0.3 is 14.2 Å². The van der Waals surface area contributed by atoms with Gasteiger partial charge in [0.05, 0.1) is 30.9 Å². The zero-order chi connectivity index (χ0) is 25.5. The van der Waals surface area contributed by atoms with Crippen LogP contribution in [-0.4, -0.2) is 31.3 Å². The molecule has 0 saturated carbocycles. The van der Waals surface area contributed by atoms with Crippen LogP contribution in [0.5, 0.6) is 17.2 Å². The third kappa shape index (κ3) is 5.41. The number of nitrogens with zero attached hydrogens (tertiary/aromatic N) is 2.